The van der Waals surface area contributed by atoms with Gasteiger partial charge in [-0.2, -0.15) is 10.2 Å². The van der Waals surface area contributed by atoms with E-state index in [1.165, 1.54) is 30.5 Å². The van der Waals surface area contributed by atoms with E-state index in [4.69, 9.17) is 16.2 Å². The molecule has 2 atom stereocenters. The summed E-state index contributed by atoms with van der Waals surface area (Å²) < 4.78 is 20.1. The SMILES string of the molecule is CCCCC[C@@H](Nc1nc(Nc2cnc(OC)c(-n3nccn3)c2)c(C(N)=O)cc1F)[C@H](C)N. The Balaban J connectivity index is 1.94. The molecule has 12 heteroatoms. The fourth-order valence-electron chi connectivity index (χ4n) is 3.42. The highest BCUT2D eigenvalue weighted by atomic mass is 19.1. The van der Waals surface area contributed by atoms with E-state index in [0.717, 1.165) is 31.7 Å². The first kappa shape index (κ1) is 24.8. The van der Waals surface area contributed by atoms with Crippen molar-refractivity contribution >= 4 is 23.2 Å². The summed E-state index contributed by atoms with van der Waals surface area (Å²) in [5.41, 5.74) is 12.4. The lowest BCUT2D eigenvalue weighted by atomic mass is 10.0. The predicted octanol–water partition coefficient (Wildman–Crippen LogP) is 2.76. The predicted molar refractivity (Wildman–Crippen MR) is 127 cm³/mol. The van der Waals surface area contributed by atoms with E-state index in [9.17, 15) is 9.18 Å². The van der Waals surface area contributed by atoms with Crippen LogP contribution in [0.1, 0.15) is 49.9 Å². The maximum atomic E-state index is 14.8. The van der Waals surface area contributed by atoms with Crippen molar-refractivity contribution in [2.24, 2.45) is 11.5 Å². The normalized spacial score (nSPS) is 12.7. The molecule has 0 radical (unpaired) electrons. The number of amides is 1. The number of methoxy groups -OCH3 is 1. The highest BCUT2D eigenvalue weighted by molar-refractivity contribution is 5.98. The highest BCUT2D eigenvalue weighted by Gasteiger charge is 2.21. The molecule has 3 heterocycles. The Morgan fingerprint density at radius 2 is 1.97 bits per heavy atom. The summed E-state index contributed by atoms with van der Waals surface area (Å²) in [6, 6.07) is 2.28. The number of primary amides is 1. The number of carbonyl (C=O) groups is 1. The summed E-state index contributed by atoms with van der Waals surface area (Å²) in [6.07, 6.45) is 8.32. The van der Waals surface area contributed by atoms with Gasteiger partial charge in [-0.25, -0.2) is 14.4 Å². The number of aromatic nitrogens is 5. The van der Waals surface area contributed by atoms with Crippen LogP contribution in [0.25, 0.3) is 5.69 Å². The van der Waals surface area contributed by atoms with Gasteiger partial charge in [0, 0.05) is 12.1 Å². The number of anilines is 3. The summed E-state index contributed by atoms with van der Waals surface area (Å²) in [4.78, 5) is 21.9. The van der Waals surface area contributed by atoms with E-state index in [-0.39, 0.29) is 35.2 Å². The Hall–Kier alpha value is -3.80. The molecule has 0 aliphatic carbocycles. The number of carbonyl (C=O) groups excluding carboxylic acids is 1. The molecule has 11 nitrogen and oxygen atoms in total. The summed E-state index contributed by atoms with van der Waals surface area (Å²) >= 11 is 0. The van der Waals surface area contributed by atoms with Gasteiger partial charge in [0.15, 0.2) is 11.6 Å². The average molecular weight is 472 g/mol. The van der Waals surface area contributed by atoms with Gasteiger partial charge >= 0.3 is 0 Å². The van der Waals surface area contributed by atoms with Crippen LogP contribution < -0.4 is 26.8 Å². The number of pyridine rings is 2. The van der Waals surface area contributed by atoms with Crippen molar-refractivity contribution in [1.82, 2.24) is 25.0 Å². The number of halogens is 1. The molecule has 3 aromatic rings. The molecular formula is C22H30FN9O2. The van der Waals surface area contributed by atoms with Gasteiger partial charge in [-0.1, -0.05) is 26.2 Å². The zero-order valence-electron chi connectivity index (χ0n) is 19.5. The minimum absolute atomic E-state index is 0.0262. The molecule has 3 aromatic heterocycles. The molecule has 0 aliphatic heterocycles. The van der Waals surface area contributed by atoms with Gasteiger partial charge in [0.05, 0.1) is 37.0 Å². The Bertz CT molecular complexity index is 1110. The third kappa shape index (κ3) is 5.95. The van der Waals surface area contributed by atoms with Gasteiger partial charge in [0.2, 0.25) is 5.88 Å². The number of rotatable bonds is 12. The van der Waals surface area contributed by atoms with Crippen LogP contribution in [0, 0.1) is 5.82 Å². The van der Waals surface area contributed by atoms with Gasteiger partial charge < -0.3 is 26.8 Å². The lowest BCUT2D eigenvalue weighted by Crippen LogP contribution is -2.38. The molecule has 182 valence electrons. The fourth-order valence-corrected chi connectivity index (χ4v) is 3.42. The summed E-state index contributed by atoms with van der Waals surface area (Å²) in [6.45, 7) is 3.96. The van der Waals surface area contributed by atoms with Crippen molar-refractivity contribution in [2.45, 2.75) is 51.6 Å². The summed E-state index contributed by atoms with van der Waals surface area (Å²) in [5.74, 6) is -1.20. The van der Waals surface area contributed by atoms with Crippen LogP contribution in [0.4, 0.5) is 21.7 Å². The zero-order chi connectivity index (χ0) is 24.7. The van der Waals surface area contributed by atoms with Crippen molar-refractivity contribution in [1.29, 1.82) is 0 Å². The maximum Gasteiger partial charge on any atom is 0.252 e. The minimum Gasteiger partial charge on any atom is -0.479 e. The van der Waals surface area contributed by atoms with E-state index in [0.29, 0.717) is 11.4 Å². The first-order valence-corrected chi connectivity index (χ1v) is 11.0. The molecule has 0 bridgehead atoms. The molecule has 0 aromatic carbocycles. The second-order valence-corrected chi connectivity index (χ2v) is 7.88. The van der Waals surface area contributed by atoms with Crippen LogP contribution >= 0.6 is 0 Å². The van der Waals surface area contributed by atoms with Crippen LogP contribution in [-0.2, 0) is 0 Å². The largest absolute Gasteiger partial charge is 0.479 e. The fraction of sp³-hybridized carbons (Fsp3) is 0.409. The average Bonchev–Trinajstić information content (AvgIpc) is 3.34. The van der Waals surface area contributed by atoms with Crippen molar-refractivity contribution in [3.63, 3.8) is 0 Å². The minimum atomic E-state index is -0.831. The standard InChI is InChI=1S/C22H30FN9O2/c1-4-5-6-7-17(13(2)24)30-21-16(23)11-15(19(25)33)20(31-21)29-14-10-18(22(34-3)26-12-14)32-27-8-9-28-32/h8-13,17H,4-7,24H2,1-3H3,(H2,25,33)(H2,29,30,31)/t13-,17+/m0/s1. The third-order valence-electron chi connectivity index (χ3n) is 5.24. The van der Waals surface area contributed by atoms with Gasteiger partial charge in [-0.3, -0.25) is 4.79 Å². The van der Waals surface area contributed by atoms with E-state index in [1.54, 1.807) is 6.07 Å². The topological polar surface area (TPSA) is 159 Å². The molecule has 0 fully saturated rings. The number of nitrogens with zero attached hydrogens (tertiary/aromatic N) is 5. The molecule has 0 spiro atoms. The molecule has 6 N–H and O–H groups in total. The Labute approximate surface area is 197 Å². The summed E-state index contributed by atoms with van der Waals surface area (Å²) in [5, 5.41) is 14.3. The smallest absolute Gasteiger partial charge is 0.252 e. The second-order valence-electron chi connectivity index (χ2n) is 7.88. The number of ether oxygens (including phenoxy) is 1. The molecule has 1 amide bonds. The Morgan fingerprint density at radius 3 is 2.59 bits per heavy atom. The van der Waals surface area contributed by atoms with Crippen LogP contribution in [0.2, 0.25) is 0 Å². The van der Waals surface area contributed by atoms with Gasteiger partial charge in [0.25, 0.3) is 5.91 Å². The monoisotopic (exact) mass is 471 g/mol. The Kier molecular flexibility index (Phi) is 8.30. The van der Waals surface area contributed by atoms with Crippen LogP contribution in [0.5, 0.6) is 5.88 Å². The summed E-state index contributed by atoms with van der Waals surface area (Å²) in [7, 11) is 1.47. The lowest BCUT2D eigenvalue weighted by Gasteiger charge is -2.24. The first-order chi connectivity index (χ1) is 16.3. The third-order valence-corrected chi connectivity index (χ3v) is 5.24. The molecule has 0 unspecified atom stereocenters. The number of unbranched alkanes of at least 4 members (excludes halogenated alkanes) is 2. The van der Waals surface area contributed by atoms with E-state index in [2.05, 4.69) is 37.7 Å². The van der Waals surface area contributed by atoms with E-state index < -0.39 is 11.7 Å². The number of nitrogens with one attached hydrogen (secondary N) is 2. The zero-order valence-corrected chi connectivity index (χ0v) is 19.5. The van der Waals surface area contributed by atoms with Crippen molar-refractivity contribution in [2.75, 3.05) is 17.7 Å². The highest BCUT2D eigenvalue weighted by Crippen LogP contribution is 2.28. The van der Waals surface area contributed by atoms with Gasteiger partial charge in [-0.15, -0.1) is 4.80 Å². The van der Waals surface area contributed by atoms with Crippen LogP contribution in [0.3, 0.4) is 0 Å². The van der Waals surface area contributed by atoms with Crippen LogP contribution in [0.15, 0.2) is 30.7 Å². The quantitative estimate of drug-likeness (QED) is 0.291. The van der Waals surface area contributed by atoms with Crippen molar-refractivity contribution in [3.8, 4) is 11.6 Å². The van der Waals surface area contributed by atoms with Gasteiger partial charge in [0.1, 0.15) is 11.5 Å². The number of hydrogen-bond donors (Lipinski definition) is 4. The number of nitrogens with two attached hydrogens (primary N) is 2. The van der Waals surface area contributed by atoms with Crippen molar-refractivity contribution in [3.05, 3.63) is 42.1 Å². The second kappa shape index (κ2) is 11.4. The maximum absolute atomic E-state index is 14.8. The first-order valence-electron chi connectivity index (χ1n) is 11.0. The Morgan fingerprint density at radius 1 is 1.24 bits per heavy atom. The van der Waals surface area contributed by atoms with Gasteiger partial charge in [-0.05, 0) is 25.5 Å². The molecule has 0 aliphatic rings. The number of hydrogen-bond acceptors (Lipinski definition) is 9. The van der Waals surface area contributed by atoms with E-state index >= 15 is 0 Å². The van der Waals surface area contributed by atoms with Crippen molar-refractivity contribution < 1.29 is 13.9 Å². The molecule has 34 heavy (non-hydrogen) atoms. The van der Waals surface area contributed by atoms with E-state index in [1.807, 2.05) is 6.92 Å². The lowest BCUT2D eigenvalue weighted by molar-refractivity contribution is 0.100. The molecule has 0 saturated carbocycles. The van der Waals surface area contributed by atoms with Crippen LogP contribution in [-0.4, -0.2) is 50.1 Å². The molecule has 3 rings (SSSR count). The molecular weight excluding hydrogens is 441 g/mol. The molecule has 0 saturated heterocycles.